The van der Waals surface area contributed by atoms with Crippen LogP contribution in [0.3, 0.4) is 0 Å². The lowest BCUT2D eigenvalue weighted by Crippen LogP contribution is -2.44. The number of carbonyl (C=O) groups excluding carboxylic acids is 1. The summed E-state index contributed by atoms with van der Waals surface area (Å²) in [4.78, 5) is 33.0. The van der Waals surface area contributed by atoms with Gasteiger partial charge in [-0.05, 0) is 49.7 Å². The highest BCUT2D eigenvalue weighted by Gasteiger charge is 2.45. The van der Waals surface area contributed by atoms with E-state index in [1.54, 1.807) is 17.6 Å². The first-order valence-electron chi connectivity index (χ1n) is 12.4. The second kappa shape index (κ2) is 7.66. The van der Waals surface area contributed by atoms with Gasteiger partial charge >= 0.3 is 5.97 Å². The number of aryl methyl sites for hydroxylation is 1. The van der Waals surface area contributed by atoms with E-state index in [9.17, 15) is 14.7 Å². The molecular weight excluding hydrogens is 470 g/mol. The van der Waals surface area contributed by atoms with Crippen molar-refractivity contribution in [2.24, 2.45) is 0 Å². The molecule has 0 amide bonds. The zero-order valence-corrected chi connectivity index (χ0v) is 20.6. The molecular formula is C29H25N3O5. The second-order valence-electron chi connectivity index (χ2n) is 10.0. The molecule has 37 heavy (non-hydrogen) atoms. The van der Waals surface area contributed by atoms with Crippen LogP contribution in [-0.2, 0) is 34.8 Å². The van der Waals surface area contributed by atoms with Crippen LogP contribution < -0.4 is 15.2 Å². The third-order valence-electron chi connectivity index (χ3n) is 7.88. The zero-order valence-electron chi connectivity index (χ0n) is 20.6. The average molecular weight is 496 g/mol. The smallest absolute Gasteiger partial charge is 0.343 e. The third-order valence-corrected chi connectivity index (χ3v) is 7.88. The number of hydrogen-bond acceptors (Lipinski definition) is 7. The molecule has 0 aliphatic carbocycles. The molecule has 0 spiro atoms. The minimum atomic E-state index is -1.84. The molecule has 0 fully saturated rings. The third kappa shape index (κ3) is 3.08. The fourth-order valence-electron chi connectivity index (χ4n) is 5.69. The molecule has 4 aromatic rings. The Morgan fingerprint density at radius 1 is 1.03 bits per heavy atom. The number of aromatic nitrogens is 2. The molecule has 5 heterocycles. The van der Waals surface area contributed by atoms with Gasteiger partial charge in [0.05, 0.1) is 35.6 Å². The number of pyridine rings is 2. The molecule has 2 aromatic carbocycles. The first kappa shape index (κ1) is 22.1. The van der Waals surface area contributed by atoms with Crippen molar-refractivity contribution in [1.29, 1.82) is 0 Å². The van der Waals surface area contributed by atoms with Gasteiger partial charge in [0.15, 0.2) is 12.3 Å². The van der Waals surface area contributed by atoms with Gasteiger partial charge in [-0.2, -0.15) is 0 Å². The minimum Gasteiger partial charge on any atom is -0.473 e. The Morgan fingerprint density at radius 2 is 1.84 bits per heavy atom. The topological polar surface area (TPSA) is 93.9 Å². The minimum absolute atomic E-state index is 0.114. The van der Waals surface area contributed by atoms with E-state index in [0.717, 1.165) is 33.5 Å². The molecule has 186 valence electrons. The first-order chi connectivity index (χ1) is 17.9. The van der Waals surface area contributed by atoms with Crippen LogP contribution in [0.4, 0.5) is 5.69 Å². The van der Waals surface area contributed by atoms with E-state index in [1.807, 2.05) is 12.1 Å². The molecule has 7 rings (SSSR count). The predicted octanol–water partition coefficient (Wildman–Crippen LogP) is 3.74. The van der Waals surface area contributed by atoms with Gasteiger partial charge in [0.2, 0.25) is 0 Å². The Balaban J connectivity index is 1.35. The Kier molecular flexibility index (Phi) is 4.57. The van der Waals surface area contributed by atoms with E-state index >= 15 is 0 Å². The summed E-state index contributed by atoms with van der Waals surface area (Å²) in [6, 6.07) is 16.1. The van der Waals surface area contributed by atoms with E-state index in [2.05, 4.69) is 42.2 Å². The molecule has 2 aromatic heterocycles. The average Bonchev–Trinajstić information content (AvgIpc) is 3.28. The predicted molar refractivity (Wildman–Crippen MR) is 137 cm³/mol. The maximum atomic E-state index is 13.4. The lowest BCUT2D eigenvalue weighted by molar-refractivity contribution is -0.172. The lowest BCUT2D eigenvalue weighted by atomic mass is 9.86. The molecule has 1 N–H and O–H groups in total. The Bertz CT molecular complexity index is 1690. The largest absolute Gasteiger partial charge is 0.473 e. The van der Waals surface area contributed by atoms with E-state index < -0.39 is 11.6 Å². The van der Waals surface area contributed by atoms with Crippen LogP contribution in [-0.4, -0.2) is 27.4 Å². The molecule has 1 atom stereocenters. The van der Waals surface area contributed by atoms with Crippen LogP contribution in [0.25, 0.3) is 22.3 Å². The lowest BCUT2D eigenvalue weighted by Gasteiger charge is -2.31. The Hall–Kier alpha value is -4.17. The van der Waals surface area contributed by atoms with Crippen molar-refractivity contribution in [3.63, 3.8) is 0 Å². The van der Waals surface area contributed by atoms with Gasteiger partial charge in [-0.25, -0.2) is 9.78 Å². The van der Waals surface area contributed by atoms with Gasteiger partial charge in [-0.1, -0.05) is 24.6 Å². The number of aliphatic hydroxyl groups is 1. The summed E-state index contributed by atoms with van der Waals surface area (Å²) < 4.78 is 12.9. The molecule has 0 saturated heterocycles. The van der Waals surface area contributed by atoms with Gasteiger partial charge in [0.25, 0.3) is 5.56 Å². The number of carbonyl (C=O) groups is 1. The van der Waals surface area contributed by atoms with Crippen molar-refractivity contribution in [1.82, 2.24) is 9.55 Å². The van der Waals surface area contributed by atoms with Crippen LogP contribution in [0.5, 0.6) is 5.75 Å². The van der Waals surface area contributed by atoms with Crippen LogP contribution in [0.1, 0.15) is 41.2 Å². The number of rotatable bonds is 2. The van der Waals surface area contributed by atoms with Gasteiger partial charge < -0.3 is 24.0 Å². The second-order valence-corrected chi connectivity index (χ2v) is 10.0. The summed E-state index contributed by atoms with van der Waals surface area (Å²) in [5.41, 5.74) is 4.92. The van der Waals surface area contributed by atoms with Gasteiger partial charge in [-0.15, -0.1) is 0 Å². The molecule has 0 saturated carbocycles. The molecule has 3 aliphatic rings. The van der Waals surface area contributed by atoms with Gasteiger partial charge in [0, 0.05) is 27.8 Å². The number of benzene rings is 2. The standard InChI is InChI=1S/C29H25N3O5/c1-3-29(35)22-11-24-26-17(12-32(24)27(33)21(22)14-36-28(29)34)10-19-20-13-31(18-6-4-16(2)5-7-18)15-37-25(20)9-8-23(19)30-26/h4-11,35H,3,12-15H2,1-2H3/t29-/m0/s1. The van der Waals surface area contributed by atoms with Crippen molar-refractivity contribution in [3.05, 3.63) is 86.7 Å². The Labute approximate surface area is 212 Å². The van der Waals surface area contributed by atoms with Crippen molar-refractivity contribution in [2.75, 3.05) is 11.6 Å². The number of hydrogen-bond donors (Lipinski definition) is 1. The molecule has 8 nitrogen and oxygen atoms in total. The van der Waals surface area contributed by atoms with Gasteiger partial charge in [0.1, 0.15) is 12.4 Å². The number of esters is 1. The van der Waals surface area contributed by atoms with E-state index in [-0.39, 0.29) is 18.6 Å². The maximum absolute atomic E-state index is 13.4. The summed E-state index contributed by atoms with van der Waals surface area (Å²) in [6.45, 7) is 5.14. The summed E-state index contributed by atoms with van der Waals surface area (Å²) in [6.07, 6.45) is 0.114. The van der Waals surface area contributed by atoms with Crippen molar-refractivity contribution in [3.8, 4) is 17.1 Å². The maximum Gasteiger partial charge on any atom is 0.343 e. The highest BCUT2D eigenvalue weighted by molar-refractivity contribution is 5.90. The molecule has 0 radical (unpaired) electrons. The van der Waals surface area contributed by atoms with Crippen LogP contribution in [0.15, 0.2) is 53.3 Å². The molecule has 0 unspecified atom stereocenters. The summed E-state index contributed by atoms with van der Waals surface area (Å²) >= 11 is 0. The van der Waals surface area contributed by atoms with E-state index in [1.165, 1.54) is 5.56 Å². The van der Waals surface area contributed by atoms with Crippen LogP contribution >= 0.6 is 0 Å². The van der Waals surface area contributed by atoms with Crippen molar-refractivity contribution in [2.45, 2.75) is 45.6 Å². The monoisotopic (exact) mass is 495 g/mol. The molecule has 3 aliphatic heterocycles. The fourth-order valence-corrected chi connectivity index (χ4v) is 5.69. The van der Waals surface area contributed by atoms with Crippen LogP contribution in [0.2, 0.25) is 0 Å². The number of fused-ring (bicyclic) bond motifs is 7. The number of anilines is 1. The first-order valence-corrected chi connectivity index (χ1v) is 12.4. The normalized spacial score (nSPS) is 19.5. The SMILES string of the molecule is CC[C@@]1(O)C(=O)OCc2c1cc1n(c2=O)Cc2cc3c4c(ccc3nc2-1)OCN(c1ccc(C)cc1)C4. The highest BCUT2D eigenvalue weighted by Crippen LogP contribution is 2.40. The van der Waals surface area contributed by atoms with Crippen LogP contribution in [0, 0.1) is 6.92 Å². The number of ether oxygens (including phenoxy) is 2. The quantitative estimate of drug-likeness (QED) is 0.373. The highest BCUT2D eigenvalue weighted by atomic mass is 16.6. The zero-order chi connectivity index (χ0) is 25.5. The Morgan fingerprint density at radius 3 is 2.62 bits per heavy atom. The van der Waals surface area contributed by atoms with E-state index in [0.29, 0.717) is 42.3 Å². The fraction of sp³-hybridized carbons (Fsp3) is 0.276. The summed E-state index contributed by atoms with van der Waals surface area (Å²) in [7, 11) is 0. The number of nitrogens with zero attached hydrogens (tertiary/aromatic N) is 3. The van der Waals surface area contributed by atoms with Crippen molar-refractivity contribution < 1.29 is 19.4 Å². The summed E-state index contributed by atoms with van der Waals surface area (Å²) in [5.74, 6) is 0.116. The van der Waals surface area contributed by atoms with Crippen molar-refractivity contribution >= 4 is 22.6 Å². The number of cyclic esters (lactones) is 1. The molecule has 8 heteroatoms. The van der Waals surface area contributed by atoms with E-state index in [4.69, 9.17) is 14.5 Å². The molecule has 0 bridgehead atoms. The van der Waals surface area contributed by atoms with Gasteiger partial charge in [-0.3, -0.25) is 4.79 Å². The summed E-state index contributed by atoms with van der Waals surface area (Å²) in [5, 5.41) is 12.1.